The van der Waals surface area contributed by atoms with Gasteiger partial charge in [0.2, 0.25) is 0 Å². The second kappa shape index (κ2) is 5.00. The molecular formula is C18H11Br2N. The Bertz CT molecular complexity index is 955. The molecule has 0 bridgehead atoms. The summed E-state index contributed by atoms with van der Waals surface area (Å²) in [4.78, 5) is 3.58. The molecular weight excluding hydrogens is 390 g/mol. The van der Waals surface area contributed by atoms with Crippen molar-refractivity contribution in [2.24, 2.45) is 0 Å². The quantitative estimate of drug-likeness (QED) is 0.374. The number of halogens is 2. The van der Waals surface area contributed by atoms with E-state index in [0.717, 1.165) is 14.5 Å². The Labute approximate surface area is 139 Å². The minimum Gasteiger partial charge on any atom is -0.353 e. The second-order valence-corrected chi connectivity index (χ2v) is 6.71. The Morgan fingerprint density at radius 2 is 1.43 bits per heavy atom. The van der Waals surface area contributed by atoms with Gasteiger partial charge in [-0.3, -0.25) is 0 Å². The number of aromatic nitrogens is 1. The highest BCUT2D eigenvalue weighted by Crippen LogP contribution is 2.39. The summed E-state index contributed by atoms with van der Waals surface area (Å²) in [5, 5.41) is 2.46. The fourth-order valence-corrected chi connectivity index (χ4v) is 3.79. The number of hydrogen-bond acceptors (Lipinski definition) is 0. The molecule has 0 atom stereocenters. The third-order valence-electron chi connectivity index (χ3n) is 3.77. The maximum atomic E-state index is 3.67. The second-order valence-electron chi connectivity index (χ2n) is 5.00. The van der Waals surface area contributed by atoms with Crippen molar-refractivity contribution in [1.29, 1.82) is 0 Å². The van der Waals surface area contributed by atoms with Crippen LogP contribution in [0.5, 0.6) is 0 Å². The molecule has 0 fully saturated rings. The zero-order valence-electron chi connectivity index (χ0n) is 11.0. The van der Waals surface area contributed by atoms with Gasteiger partial charge < -0.3 is 4.98 Å². The average molecular weight is 401 g/mol. The van der Waals surface area contributed by atoms with Gasteiger partial charge in [-0.2, -0.15) is 0 Å². The minimum absolute atomic E-state index is 1.08. The lowest BCUT2D eigenvalue weighted by atomic mass is 10.0. The van der Waals surface area contributed by atoms with E-state index in [0.29, 0.717) is 0 Å². The molecule has 0 saturated carbocycles. The molecule has 1 aromatic heterocycles. The van der Waals surface area contributed by atoms with Gasteiger partial charge in [-0.15, -0.1) is 0 Å². The number of fused-ring (bicyclic) bond motifs is 3. The van der Waals surface area contributed by atoms with E-state index in [1.54, 1.807) is 0 Å². The minimum atomic E-state index is 1.08. The predicted octanol–water partition coefficient (Wildman–Crippen LogP) is 6.51. The van der Waals surface area contributed by atoms with Crippen molar-refractivity contribution in [3.05, 3.63) is 69.6 Å². The summed E-state index contributed by atoms with van der Waals surface area (Å²) in [6.45, 7) is 0. The van der Waals surface area contributed by atoms with Crippen LogP contribution in [0.2, 0.25) is 0 Å². The van der Waals surface area contributed by atoms with Crippen LogP contribution in [0.3, 0.4) is 0 Å². The molecule has 0 amide bonds. The number of hydrogen-bond donors (Lipinski definition) is 1. The molecule has 3 aromatic carbocycles. The molecule has 4 aromatic rings. The lowest BCUT2D eigenvalue weighted by Gasteiger charge is -2.03. The highest BCUT2D eigenvalue weighted by molar-refractivity contribution is 9.11. The van der Waals surface area contributed by atoms with Crippen LogP contribution in [-0.4, -0.2) is 4.98 Å². The molecule has 0 aliphatic heterocycles. The predicted molar refractivity (Wildman–Crippen MR) is 96.6 cm³/mol. The van der Waals surface area contributed by atoms with Crippen LogP contribution in [0.15, 0.2) is 69.6 Å². The van der Waals surface area contributed by atoms with Gasteiger partial charge in [-0.1, -0.05) is 64.5 Å². The summed E-state index contributed by atoms with van der Waals surface area (Å²) in [6, 6.07) is 21.1. The fourth-order valence-electron chi connectivity index (χ4n) is 2.82. The van der Waals surface area contributed by atoms with Crippen molar-refractivity contribution in [2.75, 3.05) is 0 Å². The van der Waals surface area contributed by atoms with Crippen LogP contribution in [0.1, 0.15) is 0 Å². The topological polar surface area (TPSA) is 15.8 Å². The van der Waals surface area contributed by atoms with E-state index in [1.807, 2.05) is 6.07 Å². The molecule has 1 N–H and O–H groups in total. The number of benzene rings is 3. The Morgan fingerprint density at radius 1 is 0.667 bits per heavy atom. The van der Waals surface area contributed by atoms with Crippen molar-refractivity contribution in [3.63, 3.8) is 0 Å². The van der Waals surface area contributed by atoms with Gasteiger partial charge in [-0.05, 0) is 33.6 Å². The molecule has 0 aliphatic rings. The number of nitrogens with one attached hydrogen (secondary N) is 1. The first-order chi connectivity index (χ1) is 10.3. The smallest absolute Gasteiger partial charge is 0.0620 e. The van der Waals surface area contributed by atoms with Crippen molar-refractivity contribution in [2.45, 2.75) is 0 Å². The monoisotopic (exact) mass is 399 g/mol. The lowest BCUT2D eigenvalue weighted by Crippen LogP contribution is -1.79. The van der Waals surface area contributed by atoms with E-state index in [2.05, 4.69) is 91.4 Å². The number of H-pyrrole nitrogens is 1. The van der Waals surface area contributed by atoms with Crippen LogP contribution in [-0.2, 0) is 0 Å². The van der Waals surface area contributed by atoms with Gasteiger partial charge in [0.05, 0.1) is 11.0 Å². The largest absolute Gasteiger partial charge is 0.353 e. The summed E-state index contributed by atoms with van der Waals surface area (Å²) in [7, 11) is 0. The molecule has 0 spiro atoms. The van der Waals surface area contributed by atoms with E-state index >= 15 is 0 Å². The van der Waals surface area contributed by atoms with Crippen LogP contribution < -0.4 is 0 Å². The number of aromatic amines is 1. The Hall–Kier alpha value is -1.58. The molecule has 102 valence electrons. The summed E-state index contributed by atoms with van der Waals surface area (Å²) in [5.41, 5.74) is 4.75. The molecule has 1 heterocycles. The van der Waals surface area contributed by atoms with E-state index in [9.17, 15) is 0 Å². The van der Waals surface area contributed by atoms with Crippen molar-refractivity contribution in [1.82, 2.24) is 4.98 Å². The molecule has 4 rings (SSSR count). The zero-order valence-corrected chi connectivity index (χ0v) is 14.2. The fraction of sp³-hybridized carbons (Fsp3) is 0. The molecule has 21 heavy (non-hydrogen) atoms. The van der Waals surface area contributed by atoms with E-state index in [1.165, 1.54) is 27.4 Å². The zero-order chi connectivity index (χ0) is 14.4. The summed E-state index contributed by atoms with van der Waals surface area (Å²) < 4.78 is 2.19. The van der Waals surface area contributed by atoms with Crippen LogP contribution in [0, 0.1) is 0 Å². The van der Waals surface area contributed by atoms with Crippen molar-refractivity contribution in [3.8, 4) is 11.1 Å². The average Bonchev–Trinajstić information content (AvgIpc) is 2.92. The molecule has 1 nitrogen and oxygen atoms in total. The normalized spacial score (nSPS) is 11.3. The highest BCUT2D eigenvalue weighted by atomic mass is 79.9. The third-order valence-corrected chi connectivity index (χ3v) is 5.09. The van der Waals surface area contributed by atoms with Crippen LogP contribution >= 0.6 is 31.9 Å². The first-order valence-corrected chi connectivity index (χ1v) is 8.28. The van der Waals surface area contributed by atoms with Crippen molar-refractivity contribution < 1.29 is 0 Å². The first-order valence-electron chi connectivity index (χ1n) is 6.69. The molecule has 0 radical (unpaired) electrons. The SMILES string of the molecule is Brc1ccc(Br)c2c1[nH]c1c(-c3ccccc3)cccc12. The first kappa shape index (κ1) is 13.1. The van der Waals surface area contributed by atoms with Gasteiger partial charge in [0, 0.05) is 25.3 Å². The van der Waals surface area contributed by atoms with Gasteiger partial charge in [0.15, 0.2) is 0 Å². The highest BCUT2D eigenvalue weighted by Gasteiger charge is 2.13. The summed E-state index contributed by atoms with van der Waals surface area (Å²) in [5.74, 6) is 0. The Morgan fingerprint density at radius 3 is 2.24 bits per heavy atom. The Balaban J connectivity index is 2.17. The van der Waals surface area contributed by atoms with Gasteiger partial charge in [-0.25, -0.2) is 0 Å². The third kappa shape index (κ3) is 2.03. The number of para-hydroxylation sites is 1. The summed E-state index contributed by atoms with van der Waals surface area (Å²) in [6.07, 6.45) is 0. The van der Waals surface area contributed by atoms with Gasteiger partial charge in [0.1, 0.15) is 0 Å². The van der Waals surface area contributed by atoms with Gasteiger partial charge in [0.25, 0.3) is 0 Å². The van der Waals surface area contributed by atoms with Crippen LogP contribution in [0.4, 0.5) is 0 Å². The summed E-state index contributed by atoms with van der Waals surface area (Å²) >= 11 is 7.31. The van der Waals surface area contributed by atoms with E-state index in [-0.39, 0.29) is 0 Å². The van der Waals surface area contributed by atoms with E-state index in [4.69, 9.17) is 0 Å². The maximum Gasteiger partial charge on any atom is 0.0620 e. The van der Waals surface area contributed by atoms with Crippen molar-refractivity contribution >= 4 is 53.7 Å². The lowest BCUT2D eigenvalue weighted by molar-refractivity contribution is 1.52. The number of rotatable bonds is 1. The maximum absolute atomic E-state index is 3.67. The molecule has 0 unspecified atom stereocenters. The van der Waals surface area contributed by atoms with E-state index < -0.39 is 0 Å². The molecule has 0 saturated heterocycles. The molecule has 3 heteroatoms. The van der Waals surface area contributed by atoms with Gasteiger partial charge >= 0.3 is 0 Å². The standard InChI is InChI=1S/C18H11Br2N/c19-14-9-10-15(20)18-16(14)13-8-4-7-12(17(13)21-18)11-5-2-1-3-6-11/h1-10,21H. The Kier molecular flexibility index (Phi) is 3.12. The molecule has 0 aliphatic carbocycles. The van der Waals surface area contributed by atoms with Crippen LogP contribution in [0.25, 0.3) is 32.9 Å².